The predicted molar refractivity (Wildman–Crippen MR) is 82.1 cm³/mol. The van der Waals surface area contributed by atoms with Gasteiger partial charge in [0, 0.05) is 23.2 Å². The fourth-order valence-electron chi connectivity index (χ4n) is 1.97. The van der Waals surface area contributed by atoms with Crippen LogP contribution in [0, 0.1) is 5.92 Å². The Bertz CT molecular complexity index is 379. The zero-order valence-corrected chi connectivity index (χ0v) is 13.4. The van der Waals surface area contributed by atoms with Crippen LogP contribution >= 0.6 is 15.9 Å². The Kier molecular flexibility index (Phi) is 6.16. The summed E-state index contributed by atoms with van der Waals surface area (Å²) in [5.41, 5.74) is 2.16. The van der Waals surface area contributed by atoms with E-state index in [1.54, 1.807) is 6.92 Å². The molecule has 0 aromatic heterocycles. The maximum absolute atomic E-state index is 9.63. The van der Waals surface area contributed by atoms with Gasteiger partial charge < -0.3 is 10.0 Å². The number of benzene rings is 1. The van der Waals surface area contributed by atoms with Gasteiger partial charge in [0.2, 0.25) is 0 Å². The van der Waals surface area contributed by atoms with E-state index in [9.17, 15) is 5.11 Å². The molecule has 1 aromatic rings. The SMILES string of the molecule is CCC(C)CN(CC)c1ccc([C@H](C)O)c(Br)c1. The average Bonchev–Trinajstić information content (AvgIpc) is 2.34. The largest absolute Gasteiger partial charge is 0.389 e. The maximum Gasteiger partial charge on any atom is 0.0772 e. The van der Waals surface area contributed by atoms with E-state index >= 15 is 0 Å². The van der Waals surface area contributed by atoms with Crippen LogP contribution in [0.5, 0.6) is 0 Å². The van der Waals surface area contributed by atoms with Gasteiger partial charge in [-0.05, 0) is 37.5 Å². The first-order chi connectivity index (χ1) is 8.49. The van der Waals surface area contributed by atoms with Crippen LogP contribution in [-0.2, 0) is 0 Å². The normalized spacial score (nSPS) is 14.3. The van der Waals surface area contributed by atoms with Crippen molar-refractivity contribution in [3.8, 4) is 0 Å². The molecule has 1 N–H and O–H groups in total. The topological polar surface area (TPSA) is 23.5 Å². The van der Waals surface area contributed by atoms with Crippen LogP contribution in [-0.4, -0.2) is 18.2 Å². The Morgan fingerprint density at radius 1 is 1.28 bits per heavy atom. The molecule has 1 rings (SSSR count). The van der Waals surface area contributed by atoms with Crippen LogP contribution in [0.2, 0.25) is 0 Å². The number of halogens is 1. The Labute approximate surface area is 119 Å². The van der Waals surface area contributed by atoms with Gasteiger partial charge in [-0.3, -0.25) is 0 Å². The number of hydrogen-bond donors (Lipinski definition) is 1. The minimum Gasteiger partial charge on any atom is -0.389 e. The minimum atomic E-state index is -0.432. The molecule has 0 saturated heterocycles. The monoisotopic (exact) mass is 313 g/mol. The molecule has 0 aliphatic heterocycles. The van der Waals surface area contributed by atoms with E-state index in [1.807, 2.05) is 6.07 Å². The molecule has 2 atom stereocenters. The molecule has 0 heterocycles. The fourth-order valence-corrected chi connectivity index (χ4v) is 2.67. The fraction of sp³-hybridized carbons (Fsp3) is 0.600. The highest BCUT2D eigenvalue weighted by Gasteiger charge is 2.11. The van der Waals surface area contributed by atoms with Gasteiger partial charge in [-0.15, -0.1) is 0 Å². The first-order valence-electron chi connectivity index (χ1n) is 6.72. The molecule has 18 heavy (non-hydrogen) atoms. The van der Waals surface area contributed by atoms with Crippen LogP contribution in [0.1, 0.15) is 45.8 Å². The predicted octanol–water partition coefficient (Wildman–Crippen LogP) is 4.37. The molecule has 0 amide bonds. The molecule has 1 aromatic carbocycles. The summed E-state index contributed by atoms with van der Waals surface area (Å²) >= 11 is 3.54. The molecular formula is C15H24BrNO. The maximum atomic E-state index is 9.63. The first-order valence-corrected chi connectivity index (χ1v) is 7.51. The van der Waals surface area contributed by atoms with E-state index in [4.69, 9.17) is 0 Å². The number of anilines is 1. The van der Waals surface area contributed by atoms with E-state index in [0.29, 0.717) is 5.92 Å². The second kappa shape index (κ2) is 7.15. The summed E-state index contributed by atoms with van der Waals surface area (Å²) in [5.74, 6) is 0.695. The summed E-state index contributed by atoms with van der Waals surface area (Å²) < 4.78 is 0.984. The van der Waals surface area contributed by atoms with Gasteiger partial charge in [0.1, 0.15) is 0 Å². The Morgan fingerprint density at radius 3 is 2.39 bits per heavy atom. The van der Waals surface area contributed by atoms with Crippen LogP contribution in [0.15, 0.2) is 22.7 Å². The lowest BCUT2D eigenvalue weighted by molar-refractivity contribution is 0.198. The molecule has 0 fully saturated rings. The molecule has 1 unspecified atom stereocenters. The van der Waals surface area contributed by atoms with Gasteiger partial charge in [0.25, 0.3) is 0 Å². The number of aliphatic hydroxyl groups is 1. The van der Waals surface area contributed by atoms with Crippen molar-refractivity contribution in [2.75, 3.05) is 18.0 Å². The molecule has 102 valence electrons. The summed E-state index contributed by atoms with van der Waals surface area (Å²) in [6.07, 6.45) is 0.765. The quantitative estimate of drug-likeness (QED) is 0.842. The van der Waals surface area contributed by atoms with Crippen molar-refractivity contribution in [1.82, 2.24) is 0 Å². The Balaban J connectivity index is 2.90. The van der Waals surface area contributed by atoms with Crippen LogP contribution in [0.25, 0.3) is 0 Å². The Morgan fingerprint density at radius 2 is 1.94 bits per heavy atom. The average molecular weight is 314 g/mol. The third-order valence-electron chi connectivity index (χ3n) is 3.41. The van der Waals surface area contributed by atoms with Crippen LogP contribution in [0.3, 0.4) is 0 Å². The minimum absolute atomic E-state index is 0.432. The third-order valence-corrected chi connectivity index (χ3v) is 4.10. The lowest BCUT2D eigenvalue weighted by Gasteiger charge is -2.27. The van der Waals surface area contributed by atoms with E-state index in [2.05, 4.69) is 53.7 Å². The van der Waals surface area contributed by atoms with Gasteiger partial charge in [0.05, 0.1) is 6.10 Å². The van der Waals surface area contributed by atoms with Crippen LogP contribution < -0.4 is 4.90 Å². The summed E-state index contributed by atoms with van der Waals surface area (Å²) in [7, 11) is 0. The standard InChI is InChI=1S/C15H24BrNO/c1-5-11(3)10-17(6-2)13-7-8-14(12(4)18)15(16)9-13/h7-9,11-12,18H,5-6,10H2,1-4H3/t11?,12-/m0/s1. The van der Waals surface area contributed by atoms with Crippen molar-refractivity contribution in [2.24, 2.45) is 5.92 Å². The third kappa shape index (κ3) is 3.99. The second-order valence-electron chi connectivity index (χ2n) is 4.93. The van der Waals surface area contributed by atoms with Gasteiger partial charge in [0.15, 0.2) is 0 Å². The molecule has 0 radical (unpaired) electrons. The summed E-state index contributed by atoms with van der Waals surface area (Å²) in [4.78, 5) is 2.38. The summed E-state index contributed by atoms with van der Waals surface area (Å²) in [6.45, 7) is 10.6. The Hall–Kier alpha value is -0.540. The second-order valence-corrected chi connectivity index (χ2v) is 5.79. The number of aliphatic hydroxyl groups excluding tert-OH is 1. The van der Waals surface area contributed by atoms with Crippen molar-refractivity contribution in [3.05, 3.63) is 28.2 Å². The van der Waals surface area contributed by atoms with Crippen LogP contribution in [0.4, 0.5) is 5.69 Å². The molecular weight excluding hydrogens is 290 g/mol. The first kappa shape index (κ1) is 15.5. The van der Waals surface area contributed by atoms with E-state index in [-0.39, 0.29) is 0 Å². The highest BCUT2D eigenvalue weighted by molar-refractivity contribution is 9.10. The highest BCUT2D eigenvalue weighted by atomic mass is 79.9. The van der Waals surface area contributed by atoms with E-state index < -0.39 is 6.10 Å². The number of nitrogens with zero attached hydrogens (tertiary/aromatic N) is 1. The highest BCUT2D eigenvalue weighted by Crippen LogP contribution is 2.28. The van der Waals surface area contributed by atoms with Crippen molar-refractivity contribution in [3.63, 3.8) is 0 Å². The van der Waals surface area contributed by atoms with Gasteiger partial charge in [-0.1, -0.05) is 42.3 Å². The zero-order valence-electron chi connectivity index (χ0n) is 11.8. The van der Waals surface area contributed by atoms with Crippen molar-refractivity contribution >= 4 is 21.6 Å². The van der Waals surface area contributed by atoms with Gasteiger partial charge >= 0.3 is 0 Å². The lowest BCUT2D eigenvalue weighted by Crippen LogP contribution is -2.28. The molecule has 0 spiro atoms. The lowest BCUT2D eigenvalue weighted by atomic mass is 10.1. The van der Waals surface area contributed by atoms with Gasteiger partial charge in [-0.2, -0.15) is 0 Å². The van der Waals surface area contributed by atoms with E-state index in [0.717, 1.165) is 23.1 Å². The molecule has 3 heteroatoms. The van der Waals surface area contributed by atoms with Crippen molar-refractivity contribution in [2.45, 2.75) is 40.2 Å². The molecule has 2 nitrogen and oxygen atoms in total. The van der Waals surface area contributed by atoms with E-state index in [1.165, 1.54) is 12.1 Å². The molecule has 0 saturated carbocycles. The molecule has 0 aliphatic carbocycles. The summed E-state index contributed by atoms with van der Waals surface area (Å²) in [6, 6.07) is 6.20. The number of hydrogen-bond acceptors (Lipinski definition) is 2. The van der Waals surface area contributed by atoms with Gasteiger partial charge in [-0.25, -0.2) is 0 Å². The summed E-state index contributed by atoms with van der Waals surface area (Å²) in [5, 5.41) is 9.63. The van der Waals surface area contributed by atoms with Crippen molar-refractivity contribution in [1.29, 1.82) is 0 Å². The number of rotatable bonds is 6. The molecule has 0 bridgehead atoms. The zero-order chi connectivity index (χ0) is 13.7. The van der Waals surface area contributed by atoms with Crippen molar-refractivity contribution < 1.29 is 5.11 Å². The smallest absolute Gasteiger partial charge is 0.0772 e. The molecule has 0 aliphatic rings.